The molecule has 0 radical (unpaired) electrons. The molecule has 2 atom stereocenters. The molecule has 0 aliphatic carbocycles. The van der Waals surface area contributed by atoms with Crippen molar-refractivity contribution in [3.05, 3.63) is 33.8 Å². The van der Waals surface area contributed by atoms with Crippen molar-refractivity contribution >= 4 is 23.2 Å². The molecule has 1 saturated heterocycles. The Morgan fingerprint density at radius 2 is 2.18 bits per heavy atom. The quantitative estimate of drug-likeness (QED) is 0.868. The lowest BCUT2D eigenvalue weighted by molar-refractivity contribution is 0.0108. The average molecular weight is 276 g/mol. The maximum atomic E-state index is 9.36. The van der Waals surface area contributed by atoms with Crippen LogP contribution in [0.15, 0.2) is 18.2 Å². The van der Waals surface area contributed by atoms with Crippen LogP contribution in [0.3, 0.4) is 0 Å². The summed E-state index contributed by atoms with van der Waals surface area (Å²) in [5.41, 5.74) is 1.04. The highest BCUT2D eigenvalue weighted by atomic mass is 35.5. The van der Waals surface area contributed by atoms with Crippen LogP contribution in [0.4, 0.5) is 0 Å². The molecule has 17 heavy (non-hydrogen) atoms. The van der Waals surface area contributed by atoms with Gasteiger partial charge in [0, 0.05) is 19.0 Å². The Kier molecular flexibility index (Phi) is 4.65. The largest absolute Gasteiger partial charge is 0.394 e. The van der Waals surface area contributed by atoms with Crippen LogP contribution in [0, 0.1) is 0 Å². The van der Waals surface area contributed by atoms with Gasteiger partial charge < -0.3 is 15.2 Å². The molecule has 0 amide bonds. The molecule has 5 heteroatoms. The molecule has 0 spiro atoms. The predicted molar refractivity (Wildman–Crippen MR) is 68.9 cm³/mol. The van der Waals surface area contributed by atoms with E-state index >= 15 is 0 Å². The van der Waals surface area contributed by atoms with E-state index in [1.807, 2.05) is 12.1 Å². The minimum absolute atomic E-state index is 0.00654. The van der Waals surface area contributed by atoms with Gasteiger partial charge in [-0.1, -0.05) is 29.3 Å². The zero-order valence-electron chi connectivity index (χ0n) is 9.33. The van der Waals surface area contributed by atoms with Gasteiger partial charge in [0.05, 0.1) is 29.4 Å². The number of ether oxygens (including phenoxy) is 1. The molecular weight excluding hydrogens is 261 g/mol. The van der Waals surface area contributed by atoms with Gasteiger partial charge >= 0.3 is 0 Å². The first-order chi connectivity index (χ1) is 8.22. The minimum atomic E-state index is -0.192. The fraction of sp³-hybridized carbons (Fsp3) is 0.500. The van der Waals surface area contributed by atoms with E-state index in [0.29, 0.717) is 16.7 Å². The van der Waals surface area contributed by atoms with E-state index < -0.39 is 0 Å². The van der Waals surface area contributed by atoms with Crippen LogP contribution in [0.5, 0.6) is 0 Å². The molecule has 0 saturated carbocycles. The summed E-state index contributed by atoms with van der Waals surface area (Å²) in [6.07, 6.45) is -0.192. The molecular formula is C12H15Cl2NO2. The normalized spacial score (nSPS) is 25.6. The highest BCUT2D eigenvalue weighted by molar-refractivity contribution is 6.42. The number of aliphatic hydroxyl groups is 1. The Morgan fingerprint density at radius 1 is 1.35 bits per heavy atom. The van der Waals surface area contributed by atoms with Crippen LogP contribution in [-0.4, -0.2) is 37.5 Å². The average Bonchev–Trinajstić information content (AvgIpc) is 2.57. The van der Waals surface area contributed by atoms with Crippen LogP contribution in [0.25, 0.3) is 0 Å². The van der Waals surface area contributed by atoms with Crippen molar-refractivity contribution in [1.82, 2.24) is 5.32 Å². The fourth-order valence-corrected chi connectivity index (χ4v) is 2.35. The summed E-state index contributed by atoms with van der Waals surface area (Å²) in [6, 6.07) is 5.55. The van der Waals surface area contributed by atoms with Crippen LogP contribution in [0.2, 0.25) is 10.0 Å². The van der Waals surface area contributed by atoms with E-state index in [4.69, 9.17) is 27.9 Å². The van der Waals surface area contributed by atoms with Crippen LogP contribution >= 0.6 is 23.2 Å². The van der Waals surface area contributed by atoms with Crippen LogP contribution in [-0.2, 0) is 4.74 Å². The molecule has 1 aliphatic rings. The van der Waals surface area contributed by atoms with Crippen molar-refractivity contribution in [3.8, 4) is 0 Å². The van der Waals surface area contributed by atoms with Crippen molar-refractivity contribution in [3.63, 3.8) is 0 Å². The van der Waals surface area contributed by atoms with Crippen LogP contribution in [0.1, 0.15) is 11.5 Å². The third-order valence-electron chi connectivity index (χ3n) is 2.98. The molecule has 1 aliphatic heterocycles. The highest BCUT2D eigenvalue weighted by Gasteiger charge is 2.25. The summed E-state index contributed by atoms with van der Waals surface area (Å²) in [5.74, 6) is 0.0947. The van der Waals surface area contributed by atoms with E-state index in [9.17, 15) is 5.11 Å². The van der Waals surface area contributed by atoms with E-state index in [2.05, 4.69) is 5.32 Å². The van der Waals surface area contributed by atoms with Crippen molar-refractivity contribution < 1.29 is 9.84 Å². The van der Waals surface area contributed by atoms with E-state index in [1.165, 1.54) is 0 Å². The smallest absolute Gasteiger partial charge is 0.0886 e. The Balaban J connectivity index is 2.25. The molecule has 1 aromatic carbocycles. The molecule has 94 valence electrons. The Hall–Kier alpha value is -0.320. The molecule has 0 bridgehead atoms. The summed E-state index contributed by atoms with van der Waals surface area (Å²) in [5, 5.41) is 13.7. The van der Waals surface area contributed by atoms with Crippen molar-refractivity contribution in [1.29, 1.82) is 0 Å². The van der Waals surface area contributed by atoms with Gasteiger partial charge in [-0.2, -0.15) is 0 Å². The molecule has 2 N–H and O–H groups in total. The Bertz CT molecular complexity index is 387. The molecule has 1 fully saturated rings. The predicted octanol–water partition coefficient (Wildman–Crippen LogP) is 2.06. The zero-order chi connectivity index (χ0) is 12.3. The van der Waals surface area contributed by atoms with Gasteiger partial charge in [0.1, 0.15) is 0 Å². The Morgan fingerprint density at radius 3 is 2.88 bits per heavy atom. The second kappa shape index (κ2) is 6.03. The number of rotatable bonds is 2. The van der Waals surface area contributed by atoms with Gasteiger partial charge in [-0.05, 0) is 17.7 Å². The number of benzene rings is 1. The number of nitrogens with one attached hydrogen (secondary N) is 1. The zero-order valence-corrected chi connectivity index (χ0v) is 10.8. The molecule has 2 rings (SSSR count). The highest BCUT2D eigenvalue weighted by Crippen LogP contribution is 2.29. The van der Waals surface area contributed by atoms with E-state index in [-0.39, 0.29) is 18.6 Å². The topological polar surface area (TPSA) is 41.5 Å². The lowest BCUT2D eigenvalue weighted by atomic mass is 9.93. The second-order valence-corrected chi connectivity index (χ2v) is 4.89. The monoisotopic (exact) mass is 275 g/mol. The van der Waals surface area contributed by atoms with E-state index in [0.717, 1.165) is 18.7 Å². The third kappa shape index (κ3) is 3.12. The maximum Gasteiger partial charge on any atom is 0.0886 e. The summed E-state index contributed by atoms with van der Waals surface area (Å²) in [4.78, 5) is 0. The number of hydrogen-bond acceptors (Lipinski definition) is 3. The van der Waals surface area contributed by atoms with Crippen molar-refractivity contribution in [2.75, 3.05) is 26.3 Å². The fourth-order valence-electron chi connectivity index (χ4n) is 2.04. The summed E-state index contributed by atoms with van der Waals surface area (Å²) in [7, 11) is 0. The van der Waals surface area contributed by atoms with Gasteiger partial charge in [0.2, 0.25) is 0 Å². The molecule has 1 aromatic rings. The van der Waals surface area contributed by atoms with Gasteiger partial charge in [0.15, 0.2) is 0 Å². The van der Waals surface area contributed by atoms with E-state index in [1.54, 1.807) is 6.07 Å². The lowest BCUT2D eigenvalue weighted by Gasteiger charge is -2.23. The van der Waals surface area contributed by atoms with Crippen molar-refractivity contribution in [2.45, 2.75) is 12.0 Å². The minimum Gasteiger partial charge on any atom is -0.394 e. The van der Waals surface area contributed by atoms with Crippen LogP contribution < -0.4 is 5.32 Å². The summed E-state index contributed by atoms with van der Waals surface area (Å²) < 4.78 is 5.60. The molecule has 0 aromatic heterocycles. The molecule has 3 nitrogen and oxygen atoms in total. The van der Waals surface area contributed by atoms with Gasteiger partial charge in [-0.25, -0.2) is 0 Å². The summed E-state index contributed by atoms with van der Waals surface area (Å²) >= 11 is 11.9. The third-order valence-corrected chi connectivity index (χ3v) is 3.71. The molecule has 1 heterocycles. The Labute approximate surface area is 111 Å². The van der Waals surface area contributed by atoms with Gasteiger partial charge in [0.25, 0.3) is 0 Å². The first-order valence-electron chi connectivity index (χ1n) is 5.60. The lowest BCUT2D eigenvalue weighted by Crippen LogP contribution is -2.29. The number of halogens is 2. The number of aliphatic hydroxyl groups excluding tert-OH is 1. The molecule has 1 unspecified atom stereocenters. The maximum absolute atomic E-state index is 9.36. The number of hydrogen-bond donors (Lipinski definition) is 2. The first kappa shape index (κ1) is 13.1. The summed E-state index contributed by atoms with van der Waals surface area (Å²) in [6.45, 7) is 2.19. The first-order valence-corrected chi connectivity index (χ1v) is 6.36. The SMILES string of the molecule is OC[C@H]1OCCNCC1c1ccc(Cl)c(Cl)c1. The van der Waals surface area contributed by atoms with Gasteiger partial charge in [-0.3, -0.25) is 0 Å². The standard InChI is InChI=1S/C12H15Cl2NO2/c13-10-2-1-8(5-11(10)14)9-6-15-3-4-17-12(9)7-16/h1-2,5,9,12,15-16H,3-4,6-7H2/t9?,12-/m1/s1. The van der Waals surface area contributed by atoms with Crippen molar-refractivity contribution in [2.24, 2.45) is 0 Å². The van der Waals surface area contributed by atoms with Gasteiger partial charge in [-0.15, -0.1) is 0 Å². The second-order valence-electron chi connectivity index (χ2n) is 4.08.